The van der Waals surface area contributed by atoms with Crippen LogP contribution in [0.2, 0.25) is 0 Å². The molecular formula is C28H52NO7P. The predicted octanol–water partition coefficient (Wildman–Crippen LogP) is 6.21. The quantitative estimate of drug-likeness (QED) is 0.0363. The van der Waals surface area contributed by atoms with Crippen molar-refractivity contribution >= 4 is 7.82 Å². The van der Waals surface area contributed by atoms with Crippen LogP contribution in [-0.2, 0) is 23.2 Å². The average Bonchev–Trinajstić information content (AvgIpc) is 2.83. The van der Waals surface area contributed by atoms with Gasteiger partial charge in [-0.2, -0.15) is 0 Å². The molecule has 0 aromatic carbocycles. The molecule has 0 amide bonds. The molecule has 2 atom stereocenters. The third-order valence-electron chi connectivity index (χ3n) is 5.25. The maximum atomic E-state index is 11.8. The maximum Gasteiger partial charge on any atom is 0.268 e. The highest BCUT2D eigenvalue weighted by atomic mass is 31.2. The minimum Gasteiger partial charge on any atom is -0.756 e. The molecule has 37 heavy (non-hydrogen) atoms. The van der Waals surface area contributed by atoms with Gasteiger partial charge in [0.2, 0.25) is 0 Å². The van der Waals surface area contributed by atoms with Gasteiger partial charge >= 0.3 is 0 Å². The van der Waals surface area contributed by atoms with E-state index in [9.17, 15) is 9.46 Å². The number of nitrogens with zero attached hydrogens (tertiary/aromatic N) is 1. The van der Waals surface area contributed by atoms with Crippen LogP contribution in [0.1, 0.15) is 71.1 Å². The summed E-state index contributed by atoms with van der Waals surface area (Å²) in [6, 6.07) is 0. The third-order valence-corrected chi connectivity index (χ3v) is 6.21. The van der Waals surface area contributed by atoms with Gasteiger partial charge in [0.25, 0.3) is 7.82 Å². The zero-order chi connectivity index (χ0) is 27.7. The lowest BCUT2D eigenvalue weighted by molar-refractivity contribution is -0.870. The highest BCUT2D eigenvalue weighted by molar-refractivity contribution is 7.45. The molecule has 216 valence electrons. The van der Waals surface area contributed by atoms with E-state index in [1.165, 1.54) is 25.7 Å². The number of phosphoric ester groups is 1. The van der Waals surface area contributed by atoms with Gasteiger partial charge < -0.3 is 23.2 Å². The van der Waals surface area contributed by atoms with Gasteiger partial charge in [-0.3, -0.25) is 9.82 Å². The molecule has 8 nitrogen and oxygen atoms in total. The molecule has 0 heterocycles. The van der Waals surface area contributed by atoms with Crippen molar-refractivity contribution < 1.29 is 37.9 Å². The highest BCUT2D eigenvalue weighted by Gasteiger charge is 2.17. The van der Waals surface area contributed by atoms with Crippen LogP contribution in [0, 0.1) is 0 Å². The molecule has 0 aromatic rings. The molecular weight excluding hydrogens is 493 g/mol. The van der Waals surface area contributed by atoms with Crippen molar-refractivity contribution in [3.05, 3.63) is 48.6 Å². The number of hydrogen-bond acceptors (Lipinski definition) is 7. The lowest BCUT2D eigenvalue weighted by Crippen LogP contribution is -2.37. The van der Waals surface area contributed by atoms with Gasteiger partial charge in [-0.05, 0) is 51.4 Å². The first kappa shape index (κ1) is 35.9. The average molecular weight is 546 g/mol. The van der Waals surface area contributed by atoms with Crippen LogP contribution in [0.25, 0.3) is 0 Å². The van der Waals surface area contributed by atoms with Gasteiger partial charge in [0, 0.05) is 6.61 Å². The van der Waals surface area contributed by atoms with E-state index in [4.69, 9.17) is 19.0 Å². The maximum absolute atomic E-state index is 11.8. The number of hydrogen-bond donors (Lipinski definition) is 1. The van der Waals surface area contributed by atoms with E-state index in [2.05, 4.69) is 60.4 Å². The first-order valence-corrected chi connectivity index (χ1v) is 15.0. The normalized spacial score (nSPS) is 15.5. The van der Waals surface area contributed by atoms with E-state index in [1.54, 1.807) is 0 Å². The molecule has 0 fully saturated rings. The summed E-state index contributed by atoms with van der Waals surface area (Å²) in [5.41, 5.74) is 0. The fraction of sp³-hybridized carbons (Fsp3) is 0.714. The Morgan fingerprint density at radius 2 is 1.32 bits per heavy atom. The summed E-state index contributed by atoms with van der Waals surface area (Å²) < 4.78 is 27.4. The van der Waals surface area contributed by atoms with Crippen molar-refractivity contribution in [2.24, 2.45) is 0 Å². The van der Waals surface area contributed by atoms with Crippen LogP contribution in [-0.4, -0.2) is 70.0 Å². The number of likely N-dealkylation sites (N-methyl/N-ethyl adjacent to an activating group) is 1. The van der Waals surface area contributed by atoms with Crippen LogP contribution >= 0.6 is 7.82 Å². The standard InChI is InChI=1S/C28H52NO7P/c1-5-6-7-8-9-10-11-12-13-14-15-16-17-18-19-20-21-22-24-33-26-28(36-30)27-35-37(31,32)34-25-23-29(2,3)4/h9-10,12-13,15-16,18-19,28H,5-8,11,14,17,20-27H2,1-4H3,(H-,30,31,32)/b10-9-,13-12-,16-15-,19-18-/t28-/m1/s1. The zero-order valence-corrected chi connectivity index (χ0v) is 24.5. The molecule has 0 aromatic heterocycles. The fourth-order valence-corrected chi connectivity index (χ4v) is 3.72. The smallest absolute Gasteiger partial charge is 0.268 e. The third kappa shape index (κ3) is 27.8. The molecule has 0 radical (unpaired) electrons. The number of allylic oxidation sites excluding steroid dienone is 8. The second-order valence-electron chi connectivity index (χ2n) is 9.98. The summed E-state index contributed by atoms with van der Waals surface area (Å²) in [6.07, 6.45) is 27.5. The Labute approximate surface area is 225 Å². The molecule has 9 heteroatoms. The number of ether oxygens (including phenoxy) is 1. The number of unbranched alkanes of at least 4 members (excludes halogenated alkanes) is 5. The number of phosphoric acid groups is 1. The van der Waals surface area contributed by atoms with Gasteiger partial charge in [0.1, 0.15) is 19.3 Å². The first-order valence-electron chi connectivity index (χ1n) is 13.6. The Morgan fingerprint density at radius 3 is 1.84 bits per heavy atom. The lowest BCUT2D eigenvalue weighted by Gasteiger charge is -2.27. The van der Waals surface area contributed by atoms with Crippen molar-refractivity contribution in [3.63, 3.8) is 0 Å². The Balaban J connectivity index is 3.71. The fourth-order valence-electron chi connectivity index (χ4n) is 2.99. The van der Waals surface area contributed by atoms with Gasteiger partial charge in [-0.15, -0.1) is 0 Å². The summed E-state index contributed by atoms with van der Waals surface area (Å²) in [4.78, 5) is 16.0. The van der Waals surface area contributed by atoms with Crippen molar-refractivity contribution in [2.75, 3.05) is 54.1 Å². The van der Waals surface area contributed by atoms with Gasteiger partial charge in [0.15, 0.2) is 0 Å². The van der Waals surface area contributed by atoms with Crippen LogP contribution in [0.15, 0.2) is 48.6 Å². The molecule has 1 unspecified atom stereocenters. The number of rotatable bonds is 25. The first-order chi connectivity index (χ1) is 17.7. The van der Waals surface area contributed by atoms with Crippen molar-refractivity contribution in [2.45, 2.75) is 77.2 Å². The summed E-state index contributed by atoms with van der Waals surface area (Å²) in [7, 11) is 1.33. The molecule has 0 aliphatic rings. The Bertz CT molecular complexity index is 687. The Morgan fingerprint density at radius 1 is 0.784 bits per heavy atom. The van der Waals surface area contributed by atoms with Gasteiger partial charge in [-0.1, -0.05) is 68.4 Å². The lowest BCUT2D eigenvalue weighted by atomic mass is 10.2. The molecule has 0 aliphatic heterocycles. The molecule has 1 N–H and O–H groups in total. The molecule has 0 rings (SSSR count). The van der Waals surface area contributed by atoms with E-state index < -0.39 is 13.9 Å². The van der Waals surface area contributed by atoms with E-state index in [0.29, 0.717) is 17.6 Å². The summed E-state index contributed by atoms with van der Waals surface area (Å²) in [6.45, 7) is 2.91. The monoisotopic (exact) mass is 545 g/mol. The SMILES string of the molecule is CCCCC/C=C\C/C=C\C/C=C\C/C=C\CCCCOC[C@H](COP(=O)([O-])OCC[N+](C)(C)C)OO. The van der Waals surface area contributed by atoms with Crippen molar-refractivity contribution in [1.82, 2.24) is 0 Å². The number of quaternary nitrogens is 1. The topological polar surface area (TPSA) is 97.3 Å². The minimum atomic E-state index is -4.45. The van der Waals surface area contributed by atoms with E-state index in [-0.39, 0.29) is 19.8 Å². The summed E-state index contributed by atoms with van der Waals surface area (Å²) in [5.74, 6) is 0. The summed E-state index contributed by atoms with van der Waals surface area (Å²) in [5, 5.41) is 8.95. The zero-order valence-electron chi connectivity index (χ0n) is 23.6. The molecule has 0 saturated carbocycles. The van der Waals surface area contributed by atoms with Crippen molar-refractivity contribution in [1.29, 1.82) is 0 Å². The highest BCUT2D eigenvalue weighted by Crippen LogP contribution is 2.38. The molecule has 0 saturated heterocycles. The van der Waals surface area contributed by atoms with Gasteiger partial charge in [0.05, 0.1) is 34.4 Å². The van der Waals surface area contributed by atoms with Crippen LogP contribution in [0.4, 0.5) is 0 Å². The summed E-state index contributed by atoms with van der Waals surface area (Å²) >= 11 is 0. The second kappa shape index (κ2) is 24.0. The van der Waals surface area contributed by atoms with E-state index in [0.717, 1.165) is 38.5 Å². The second-order valence-corrected chi connectivity index (χ2v) is 11.4. The van der Waals surface area contributed by atoms with Crippen molar-refractivity contribution in [3.8, 4) is 0 Å². The van der Waals surface area contributed by atoms with Crippen LogP contribution < -0.4 is 4.89 Å². The van der Waals surface area contributed by atoms with Crippen LogP contribution in [0.5, 0.6) is 0 Å². The van der Waals surface area contributed by atoms with Gasteiger partial charge in [-0.25, -0.2) is 4.89 Å². The Kier molecular flexibility index (Phi) is 23.3. The molecule has 0 aliphatic carbocycles. The largest absolute Gasteiger partial charge is 0.756 e. The molecule has 0 spiro atoms. The minimum absolute atomic E-state index is 0.0187. The van der Waals surface area contributed by atoms with E-state index >= 15 is 0 Å². The predicted molar refractivity (Wildman–Crippen MR) is 149 cm³/mol. The molecule has 0 bridgehead atoms. The Hall–Kier alpha value is -1.09. The van der Waals surface area contributed by atoms with Crippen LogP contribution in [0.3, 0.4) is 0 Å². The van der Waals surface area contributed by atoms with E-state index in [1.807, 2.05) is 21.1 Å².